The van der Waals surface area contributed by atoms with Crippen LogP contribution in [0, 0.1) is 11.3 Å². The van der Waals surface area contributed by atoms with E-state index in [2.05, 4.69) is 53.5 Å². The smallest absolute Gasteiger partial charge is 0.153 e. The Morgan fingerprint density at radius 2 is 1.86 bits per heavy atom. The van der Waals surface area contributed by atoms with Gasteiger partial charge in [0.2, 0.25) is 0 Å². The molecule has 0 spiro atoms. The molecule has 1 aromatic carbocycles. The Kier molecular flexibility index (Phi) is 6.13. The van der Waals surface area contributed by atoms with Crippen LogP contribution in [0.1, 0.15) is 52.5 Å². The second-order valence-electron chi connectivity index (χ2n) is 9.88. The van der Waals surface area contributed by atoms with E-state index < -0.39 is 11.1 Å². The molecule has 0 bridgehead atoms. The molecule has 1 aromatic rings. The van der Waals surface area contributed by atoms with E-state index in [1.54, 1.807) is 6.92 Å². The molecule has 0 aromatic heterocycles. The van der Waals surface area contributed by atoms with Crippen LogP contribution >= 0.6 is 15.9 Å². The van der Waals surface area contributed by atoms with Crippen molar-refractivity contribution in [2.75, 3.05) is 33.2 Å². The molecule has 2 aliphatic rings. The van der Waals surface area contributed by atoms with Gasteiger partial charge in [-0.05, 0) is 62.3 Å². The molecular weight excluding hydrogens is 416 g/mol. The highest BCUT2D eigenvalue weighted by Crippen LogP contribution is 2.54. The van der Waals surface area contributed by atoms with Gasteiger partial charge in [-0.1, -0.05) is 48.8 Å². The van der Waals surface area contributed by atoms with E-state index in [1.165, 1.54) is 0 Å². The lowest BCUT2D eigenvalue weighted by Gasteiger charge is -2.59. The zero-order valence-corrected chi connectivity index (χ0v) is 19.6. The molecule has 156 valence electrons. The number of carbonyl (C=O) groups excluding carboxylic acids is 1. The van der Waals surface area contributed by atoms with Crippen molar-refractivity contribution in [2.24, 2.45) is 11.3 Å². The van der Waals surface area contributed by atoms with Gasteiger partial charge in [-0.15, -0.1) is 0 Å². The maximum Gasteiger partial charge on any atom is 0.153 e. The third-order valence-corrected chi connectivity index (χ3v) is 7.73. The van der Waals surface area contributed by atoms with Gasteiger partial charge in [0.25, 0.3) is 0 Å². The Morgan fingerprint density at radius 3 is 2.39 bits per heavy atom. The SMILES string of the molecule is CC(=O)C1(N2CCN(C)CC2)CC(C(C)(C)C)CCC1(O)c1cccc(Br)c1. The number of rotatable bonds is 3. The number of benzene rings is 1. The van der Waals surface area contributed by atoms with E-state index in [0.29, 0.717) is 18.8 Å². The minimum Gasteiger partial charge on any atom is -0.383 e. The summed E-state index contributed by atoms with van der Waals surface area (Å²) in [5.74, 6) is 0.483. The molecule has 1 N–H and O–H groups in total. The molecule has 4 nitrogen and oxygen atoms in total. The van der Waals surface area contributed by atoms with Gasteiger partial charge in [0.1, 0.15) is 11.1 Å². The van der Waals surface area contributed by atoms with E-state index in [0.717, 1.165) is 42.6 Å². The average molecular weight is 451 g/mol. The number of hydrogen-bond donors (Lipinski definition) is 1. The van der Waals surface area contributed by atoms with Gasteiger partial charge in [-0.3, -0.25) is 9.69 Å². The van der Waals surface area contributed by atoms with Crippen LogP contribution in [0.3, 0.4) is 0 Å². The van der Waals surface area contributed by atoms with Gasteiger partial charge in [0.05, 0.1) is 0 Å². The molecule has 1 heterocycles. The standard InChI is InChI=1S/C23H35BrN2O2/c1-17(27)22(26-13-11-25(5)12-14-26)16-19(21(2,3)4)9-10-23(22,28)18-7-6-8-20(24)15-18/h6-8,15,19,28H,9-14,16H2,1-5H3. The number of ketones is 1. The minimum atomic E-state index is -1.18. The molecule has 1 saturated heterocycles. The fourth-order valence-electron chi connectivity index (χ4n) is 5.32. The Hall–Kier alpha value is -0.750. The summed E-state index contributed by atoms with van der Waals surface area (Å²) in [4.78, 5) is 18.0. The molecule has 2 fully saturated rings. The number of carbonyl (C=O) groups is 1. The first kappa shape index (κ1) is 21.9. The van der Waals surface area contributed by atoms with E-state index in [4.69, 9.17) is 0 Å². The number of halogens is 1. The first-order valence-electron chi connectivity index (χ1n) is 10.4. The Morgan fingerprint density at radius 1 is 1.21 bits per heavy atom. The highest BCUT2D eigenvalue weighted by molar-refractivity contribution is 9.10. The van der Waals surface area contributed by atoms with Crippen molar-refractivity contribution >= 4 is 21.7 Å². The normalized spacial score (nSPS) is 33.0. The van der Waals surface area contributed by atoms with Crippen LogP contribution in [0.15, 0.2) is 28.7 Å². The summed E-state index contributed by atoms with van der Waals surface area (Å²) in [7, 11) is 2.12. The van der Waals surface area contributed by atoms with Crippen LogP contribution in [0.5, 0.6) is 0 Å². The molecule has 3 atom stereocenters. The van der Waals surface area contributed by atoms with Crippen LogP contribution in [0.4, 0.5) is 0 Å². The lowest BCUT2D eigenvalue weighted by atomic mass is 9.56. The Balaban J connectivity index is 2.14. The zero-order valence-electron chi connectivity index (χ0n) is 18.0. The fraction of sp³-hybridized carbons (Fsp3) is 0.696. The monoisotopic (exact) mass is 450 g/mol. The lowest BCUT2D eigenvalue weighted by Crippen LogP contribution is -2.71. The Bertz CT molecular complexity index is 724. The number of likely N-dealkylation sites (N-methyl/N-ethyl adjacent to an activating group) is 1. The molecule has 0 radical (unpaired) electrons. The van der Waals surface area contributed by atoms with Crippen molar-refractivity contribution in [1.29, 1.82) is 0 Å². The van der Waals surface area contributed by atoms with Crippen molar-refractivity contribution in [1.82, 2.24) is 9.80 Å². The van der Waals surface area contributed by atoms with E-state index in [9.17, 15) is 9.90 Å². The number of Topliss-reactive ketones (excluding diaryl/α,β-unsaturated/α-hetero) is 1. The van der Waals surface area contributed by atoms with Crippen LogP contribution in [0.25, 0.3) is 0 Å². The Labute approximate surface area is 178 Å². The van der Waals surface area contributed by atoms with Gasteiger partial charge in [-0.2, -0.15) is 0 Å². The molecule has 28 heavy (non-hydrogen) atoms. The first-order chi connectivity index (χ1) is 13.0. The quantitative estimate of drug-likeness (QED) is 0.753. The maximum atomic E-state index is 13.4. The maximum absolute atomic E-state index is 13.4. The second kappa shape index (κ2) is 7.82. The lowest BCUT2D eigenvalue weighted by molar-refractivity contribution is -0.183. The van der Waals surface area contributed by atoms with Crippen LogP contribution < -0.4 is 0 Å². The van der Waals surface area contributed by atoms with Crippen LogP contribution in [0.2, 0.25) is 0 Å². The zero-order chi connectivity index (χ0) is 20.7. The predicted octanol–water partition coefficient (Wildman–Crippen LogP) is 4.06. The van der Waals surface area contributed by atoms with Gasteiger partial charge in [0, 0.05) is 30.7 Å². The van der Waals surface area contributed by atoms with Gasteiger partial charge in [0.15, 0.2) is 5.78 Å². The molecule has 3 unspecified atom stereocenters. The minimum absolute atomic E-state index is 0.0912. The van der Waals surface area contributed by atoms with Crippen molar-refractivity contribution in [3.8, 4) is 0 Å². The highest BCUT2D eigenvalue weighted by Gasteiger charge is 2.62. The summed E-state index contributed by atoms with van der Waals surface area (Å²) in [5, 5.41) is 12.3. The molecular formula is C23H35BrN2O2. The highest BCUT2D eigenvalue weighted by atomic mass is 79.9. The number of hydrogen-bond acceptors (Lipinski definition) is 4. The summed E-state index contributed by atoms with van der Waals surface area (Å²) >= 11 is 3.56. The first-order valence-corrected chi connectivity index (χ1v) is 11.2. The molecule has 1 aliphatic heterocycles. The van der Waals surface area contributed by atoms with E-state index in [1.807, 2.05) is 24.3 Å². The van der Waals surface area contributed by atoms with Gasteiger partial charge in [-0.25, -0.2) is 0 Å². The number of aliphatic hydroxyl groups is 1. The van der Waals surface area contributed by atoms with Crippen LogP contribution in [-0.4, -0.2) is 59.5 Å². The summed E-state index contributed by atoms with van der Waals surface area (Å²) < 4.78 is 0.937. The fourth-order valence-corrected chi connectivity index (χ4v) is 5.72. The van der Waals surface area contributed by atoms with Gasteiger partial charge >= 0.3 is 0 Å². The second-order valence-corrected chi connectivity index (χ2v) is 10.8. The van der Waals surface area contributed by atoms with Gasteiger partial charge < -0.3 is 10.0 Å². The largest absolute Gasteiger partial charge is 0.383 e. The van der Waals surface area contributed by atoms with Crippen molar-refractivity contribution in [2.45, 2.75) is 58.1 Å². The number of piperazine rings is 1. The van der Waals surface area contributed by atoms with E-state index >= 15 is 0 Å². The molecule has 1 aliphatic carbocycles. The molecule has 1 saturated carbocycles. The molecule has 0 amide bonds. The third kappa shape index (κ3) is 3.71. The summed E-state index contributed by atoms with van der Waals surface area (Å²) in [6, 6.07) is 7.90. The topological polar surface area (TPSA) is 43.8 Å². The van der Waals surface area contributed by atoms with Crippen LogP contribution in [-0.2, 0) is 10.4 Å². The van der Waals surface area contributed by atoms with Crippen molar-refractivity contribution < 1.29 is 9.90 Å². The summed E-state index contributed by atoms with van der Waals surface area (Å²) in [6.45, 7) is 11.9. The summed E-state index contributed by atoms with van der Waals surface area (Å²) in [5.41, 5.74) is -1.11. The predicted molar refractivity (Wildman–Crippen MR) is 117 cm³/mol. The van der Waals surface area contributed by atoms with E-state index in [-0.39, 0.29) is 11.2 Å². The third-order valence-electron chi connectivity index (χ3n) is 7.23. The summed E-state index contributed by atoms with van der Waals surface area (Å²) in [6.07, 6.45) is 2.24. The average Bonchev–Trinajstić information content (AvgIpc) is 2.61. The molecule has 3 rings (SSSR count). The molecule has 5 heteroatoms. The van der Waals surface area contributed by atoms with Crippen molar-refractivity contribution in [3.63, 3.8) is 0 Å². The number of nitrogens with zero attached hydrogens (tertiary/aromatic N) is 2. The van der Waals surface area contributed by atoms with Crippen molar-refractivity contribution in [3.05, 3.63) is 34.3 Å².